The Kier molecular flexibility index (Phi) is 7.45. The molecule has 2 saturated heterocycles. The van der Waals surface area contributed by atoms with E-state index >= 15 is 0 Å². The number of piperidine rings is 2. The molecule has 0 saturated carbocycles. The summed E-state index contributed by atoms with van der Waals surface area (Å²) in [6, 6.07) is 15.5. The number of ether oxygens (including phenoxy) is 1. The van der Waals surface area contributed by atoms with E-state index in [2.05, 4.69) is 15.5 Å². The van der Waals surface area contributed by atoms with Crippen LogP contribution in [0.3, 0.4) is 0 Å². The van der Waals surface area contributed by atoms with Crippen LogP contribution in [0.5, 0.6) is 5.75 Å². The Morgan fingerprint density at radius 1 is 1.06 bits per heavy atom. The molecule has 2 aromatic rings. The predicted molar refractivity (Wildman–Crippen MR) is 127 cm³/mol. The van der Waals surface area contributed by atoms with Gasteiger partial charge in [0.05, 0.1) is 30.9 Å². The van der Waals surface area contributed by atoms with Crippen molar-refractivity contribution < 1.29 is 14.3 Å². The molecular weight excluding hydrogens is 426 g/mol. The number of benzene rings is 2. The molecule has 2 aromatic carbocycles. The van der Waals surface area contributed by atoms with E-state index in [4.69, 9.17) is 16.3 Å². The molecule has 2 aliphatic heterocycles. The minimum atomic E-state index is -0.0314. The van der Waals surface area contributed by atoms with Crippen LogP contribution in [0.1, 0.15) is 42.5 Å². The monoisotopic (exact) mass is 455 g/mol. The Labute approximate surface area is 194 Å². The van der Waals surface area contributed by atoms with Crippen molar-refractivity contribution in [3.63, 3.8) is 0 Å². The van der Waals surface area contributed by atoms with Gasteiger partial charge in [-0.1, -0.05) is 30.2 Å². The Morgan fingerprint density at radius 2 is 1.75 bits per heavy atom. The van der Waals surface area contributed by atoms with Crippen LogP contribution in [0.2, 0.25) is 5.02 Å². The lowest BCUT2D eigenvalue weighted by atomic mass is 9.81. The van der Waals surface area contributed by atoms with Crippen molar-refractivity contribution in [3.8, 4) is 5.75 Å². The van der Waals surface area contributed by atoms with Crippen molar-refractivity contribution in [3.05, 3.63) is 59.1 Å². The third-order valence-electron chi connectivity index (χ3n) is 6.56. The van der Waals surface area contributed by atoms with E-state index in [0.717, 1.165) is 31.4 Å². The van der Waals surface area contributed by atoms with Gasteiger partial charge in [0.15, 0.2) is 5.78 Å². The highest BCUT2D eigenvalue weighted by Gasteiger charge is 2.39. The highest BCUT2D eigenvalue weighted by molar-refractivity contribution is 6.33. The molecule has 7 heteroatoms. The number of hydrogen-bond donors (Lipinski definition) is 2. The average molecular weight is 456 g/mol. The number of methoxy groups -OCH3 is 1. The maximum atomic E-state index is 12.7. The standard InChI is InChI=1S/C25H30ClN3O3/c1-32-21-11-9-17(10-12-21)24(30)15-27-18-13-19-5-4-6-20(14-18)29(19)16-25(31)28-23-8-3-2-7-22(23)26/h2-3,7-12,18-20,27H,4-6,13-16H2,1H3,(H,28,31). The van der Waals surface area contributed by atoms with Crippen LogP contribution < -0.4 is 15.4 Å². The average Bonchev–Trinajstić information content (AvgIpc) is 2.79. The fourth-order valence-electron chi connectivity index (χ4n) is 4.94. The summed E-state index contributed by atoms with van der Waals surface area (Å²) < 4.78 is 5.16. The smallest absolute Gasteiger partial charge is 0.238 e. The van der Waals surface area contributed by atoms with E-state index in [-0.39, 0.29) is 17.7 Å². The van der Waals surface area contributed by atoms with Crippen LogP contribution in [0.25, 0.3) is 0 Å². The predicted octanol–water partition coefficient (Wildman–Crippen LogP) is 4.15. The van der Waals surface area contributed by atoms with Crippen molar-refractivity contribution in [1.82, 2.24) is 10.2 Å². The molecule has 2 unspecified atom stereocenters. The van der Waals surface area contributed by atoms with Gasteiger partial charge in [-0.15, -0.1) is 0 Å². The number of carbonyl (C=O) groups is 2. The molecule has 4 rings (SSSR count). The first-order valence-corrected chi connectivity index (χ1v) is 11.6. The van der Waals surface area contributed by atoms with E-state index in [1.165, 1.54) is 6.42 Å². The summed E-state index contributed by atoms with van der Waals surface area (Å²) in [7, 11) is 1.61. The fraction of sp³-hybridized carbons (Fsp3) is 0.440. The maximum absolute atomic E-state index is 12.7. The van der Waals surface area contributed by atoms with E-state index < -0.39 is 0 Å². The zero-order valence-corrected chi connectivity index (χ0v) is 19.1. The normalized spacial score (nSPS) is 22.9. The molecule has 0 spiro atoms. The summed E-state index contributed by atoms with van der Waals surface area (Å²) in [4.78, 5) is 27.6. The van der Waals surface area contributed by atoms with Crippen LogP contribution in [0.15, 0.2) is 48.5 Å². The molecule has 0 aromatic heterocycles. The zero-order valence-electron chi connectivity index (χ0n) is 18.4. The maximum Gasteiger partial charge on any atom is 0.238 e. The Balaban J connectivity index is 1.30. The summed E-state index contributed by atoms with van der Waals surface area (Å²) in [5.74, 6) is 0.795. The molecular formula is C25H30ClN3O3. The molecule has 2 aliphatic rings. The van der Waals surface area contributed by atoms with Gasteiger partial charge in [-0.2, -0.15) is 0 Å². The van der Waals surface area contributed by atoms with Gasteiger partial charge in [0, 0.05) is 23.7 Å². The second-order valence-electron chi connectivity index (χ2n) is 8.64. The van der Waals surface area contributed by atoms with E-state index in [0.29, 0.717) is 41.4 Å². The summed E-state index contributed by atoms with van der Waals surface area (Å²) >= 11 is 6.18. The summed E-state index contributed by atoms with van der Waals surface area (Å²) in [6.07, 6.45) is 5.26. The van der Waals surface area contributed by atoms with E-state index in [1.807, 2.05) is 30.3 Å². The number of anilines is 1. The van der Waals surface area contributed by atoms with Gasteiger partial charge < -0.3 is 15.4 Å². The van der Waals surface area contributed by atoms with Crippen molar-refractivity contribution in [2.45, 2.75) is 50.2 Å². The van der Waals surface area contributed by atoms with Gasteiger partial charge in [0.25, 0.3) is 0 Å². The SMILES string of the molecule is COc1ccc(C(=O)CNC2CC3CCCC(C2)N3CC(=O)Nc2ccccc2Cl)cc1. The summed E-state index contributed by atoms with van der Waals surface area (Å²) in [6.45, 7) is 0.696. The van der Waals surface area contributed by atoms with Crippen LogP contribution >= 0.6 is 11.6 Å². The number of ketones is 1. The van der Waals surface area contributed by atoms with Crippen LogP contribution in [-0.4, -0.2) is 54.9 Å². The minimum Gasteiger partial charge on any atom is -0.497 e. The number of nitrogens with zero attached hydrogens (tertiary/aromatic N) is 1. The van der Waals surface area contributed by atoms with Crippen molar-refractivity contribution in [2.75, 3.05) is 25.5 Å². The lowest BCUT2D eigenvalue weighted by molar-refractivity contribution is -0.120. The third-order valence-corrected chi connectivity index (χ3v) is 6.89. The first-order valence-electron chi connectivity index (χ1n) is 11.2. The molecule has 6 nitrogen and oxygen atoms in total. The van der Waals surface area contributed by atoms with Gasteiger partial charge in [-0.3, -0.25) is 14.5 Å². The number of fused-ring (bicyclic) bond motifs is 2. The van der Waals surface area contributed by atoms with E-state index in [1.54, 1.807) is 25.3 Å². The summed E-state index contributed by atoms with van der Waals surface area (Å²) in [5.41, 5.74) is 1.34. The molecule has 170 valence electrons. The van der Waals surface area contributed by atoms with Gasteiger partial charge in [-0.05, 0) is 62.1 Å². The second kappa shape index (κ2) is 10.5. The van der Waals surface area contributed by atoms with Crippen molar-refractivity contribution in [1.29, 1.82) is 0 Å². The van der Waals surface area contributed by atoms with Gasteiger partial charge >= 0.3 is 0 Å². The molecule has 0 aliphatic carbocycles. The molecule has 2 fully saturated rings. The minimum absolute atomic E-state index is 0.0314. The number of halogens is 1. The van der Waals surface area contributed by atoms with E-state index in [9.17, 15) is 9.59 Å². The quantitative estimate of drug-likeness (QED) is 0.585. The molecule has 0 radical (unpaired) electrons. The Morgan fingerprint density at radius 3 is 2.41 bits per heavy atom. The Hall–Kier alpha value is -2.41. The largest absolute Gasteiger partial charge is 0.497 e. The molecule has 2 N–H and O–H groups in total. The first kappa shape index (κ1) is 22.8. The van der Waals surface area contributed by atoms with Crippen LogP contribution in [0.4, 0.5) is 5.69 Å². The lowest BCUT2D eigenvalue weighted by Crippen LogP contribution is -2.58. The number of hydrogen-bond acceptors (Lipinski definition) is 5. The highest BCUT2D eigenvalue weighted by atomic mass is 35.5. The van der Waals surface area contributed by atoms with Gasteiger partial charge in [-0.25, -0.2) is 0 Å². The topological polar surface area (TPSA) is 70.7 Å². The third kappa shape index (κ3) is 5.49. The Bertz CT molecular complexity index is 936. The number of carbonyl (C=O) groups excluding carboxylic acids is 2. The number of amides is 1. The van der Waals surface area contributed by atoms with Crippen LogP contribution in [-0.2, 0) is 4.79 Å². The zero-order chi connectivity index (χ0) is 22.5. The number of para-hydroxylation sites is 1. The first-order chi connectivity index (χ1) is 15.5. The molecule has 2 atom stereocenters. The van der Waals surface area contributed by atoms with Gasteiger partial charge in [0.1, 0.15) is 5.75 Å². The number of rotatable bonds is 8. The molecule has 2 heterocycles. The second-order valence-corrected chi connectivity index (χ2v) is 9.05. The van der Waals surface area contributed by atoms with Crippen molar-refractivity contribution >= 4 is 29.0 Å². The van der Waals surface area contributed by atoms with Crippen LogP contribution in [0, 0.1) is 0 Å². The van der Waals surface area contributed by atoms with Gasteiger partial charge in [0.2, 0.25) is 5.91 Å². The lowest BCUT2D eigenvalue weighted by Gasteiger charge is -2.48. The highest BCUT2D eigenvalue weighted by Crippen LogP contribution is 2.34. The fourth-order valence-corrected chi connectivity index (χ4v) is 5.12. The molecule has 2 bridgehead atoms. The number of Topliss-reactive ketones (excluding diaryl/α,β-unsaturated/α-hetero) is 1. The molecule has 1 amide bonds. The number of nitrogens with one attached hydrogen (secondary N) is 2. The van der Waals surface area contributed by atoms with Crippen molar-refractivity contribution in [2.24, 2.45) is 0 Å². The summed E-state index contributed by atoms with van der Waals surface area (Å²) in [5, 5.41) is 6.96. The molecule has 32 heavy (non-hydrogen) atoms.